The summed E-state index contributed by atoms with van der Waals surface area (Å²) in [6.45, 7) is 4.31. The third-order valence-electron chi connectivity index (χ3n) is 7.67. The van der Waals surface area contributed by atoms with Crippen LogP contribution in [0.25, 0.3) is 10.8 Å². The molecule has 0 radical (unpaired) electrons. The molecule has 6 rings (SSSR count). The van der Waals surface area contributed by atoms with Gasteiger partial charge >= 0.3 is 0 Å². The van der Waals surface area contributed by atoms with E-state index in [9.17, 15) is 14.4 Å². The van der Waals surface area contributed by atoms with Gasteiger partial charge in [0, 0.05) is 55.3 Å². The number of rotatable bonds is 6. The van der Waals surface area contributed by atoms with Crippen molar-refractivity contribution in [3.05, 3.63) is 83.0 Å². The zero-order valence-electron chi connectivity index (χ0n) is 22.9. The predicted molar refractivity (Wildman–Crippen MR) is 157 cm³/mol. The van der Waals surface area contributed by atoms with E-state index in [0.717, 1.165) is 33.3 Å². The number of anilines is 3. The van der Waals surface area contributed by atoms with Gasteiger partial charge in [-0.05, 0) is 17.0 Å². The summed E-state index contributed by atoms with van der Waals surface area (Å²) < 4.78 is 21.9. The second kappa shape index (κ2) is 11.4. The lowest BCUT2D eigenvalue weighted by Gasteiger charge is -2.42. The van der Waals surface area contributed by atoms with Crippen molar-refractivity contribution in [1.29, 1.82) is 5.26 Å². The molecule has 214 valence electrons. The Hall–Kier alpha value is -4.53. The molecule has 1 saturated heterocycles. The molecular formula is C30H28ClFN8O2. The average Bonchev–Trinajstić information content (AvgIpc) is 3.40. The van der Waals surface area contributed by atoms with Gasteiger partial charge in [0.15, 0.2) is 5.83 Å². The standard InChI is InChI=1S/C30H28ClFN8O2/c1-18(32)29(41)40-12-11-39(16-21(40)9-10-33)28-23-17-42-26(22-7-3-5-19-6-4-8-24(31)27(19)22)13-25(23)36-30(37-28)35-20-14-34-38(2)15-20/h3-8,14-15,21,26H,1,9,11-13,16-17H2,2H3,(H,35,36,37)/t21-,26?/m0/s1. The van der Waals surface area contributed by atoms with E-state index in [4.69, 9.17) is 26.3 Å². The monoisotopic (exact) mass is 586 g/mol. The molecule has 1 amide bonds. The first-order valence-corrected chi connectivity index (χ1v) is 13.9. The molecular weight excluding hydrogens is 559 g/mol. The zero-order chi connectivity index (χ0) is 29.4. The minimum atomic E-state index is -1.04. The number of fused-ring (bicyclic) bond motifs is 2. The maximum absolute atomic E-state index is 13.8. The molecule has 2 atom stereocenters. The van der Waals surface area contributed by atoms with Crippen LogP contribution in [0.2, 0.25) is 5.02 Å². The van der Waals surface area contributed by atoms with Crippen molar-refractivity contribution >= 4 is 45.7 Å². The topological polar surface area (TPSA) is 112 Å². The van der Waals surface area contributed by atoms with Crippen LogP contribution >= 0.6 is 11.6 Å². The van der Waals surface area contributed by atoms with Gasteiger partial charge in [0.1, 0.15) is 5.82 Å². The molecule has 42 heavy (non-hydrogen) atoms. The summed E-state index contributed by atoms with van der Waals surface area (Å²) in [6, 6.07) is 13.5. The summed E-state index contributed by atoms with van der Waals surface area (Å²) in [5.74, 6) is -0.795. The van der Waals surface area contributed by atoms with Crippen LogP contribution in [0.4, 0.5) is 21.8 Å². The van der Waals surface area contributed by atoms with Gasteiger partial charge < -0.3 is 19.9 Å². The molecule has 0 aliphatic carbocycles. The minimum absolute atomic E-state index is 0.0456. The number of piperazine rings is 1. The SMILES string of the molecule is C=C(F)C(=O)N1CCN(c2nc(Nc3cnn(C)c3)nc3c2COC(c2cccc4cccc(Cl)c24)C3)C[C@@H]1CC#N. The maximum Gasteiger partial charge on any atom is 0.282 e. The molecule has 10 nitrogen and oxygen atoms in total. The highest BCUT2D eigenvalue weighted by molar-refractivity contribution is 6.35. The lowest BCUT2D eigenvalue weighted by atomic mass is 9.94. The molecule has 2 aromatic carbocycles. The number of carbonyl (C=O) groups is 1. The van der Waals surface area contributed by atoms with Crippen molar-refractivity contribution < 1.29 is 13.9 Å². The molecule has 2 aliphatic rings. The predicted octanol–water partition coefficient (Wildman–Crippen LogP) is 4.99. The van der Waals surface area contributed by atoms with Gasteiger partial charge in [-0.2, -0.15) is 15.3 Å². The van der Waals surface area contributed by atoms with E-state index in [1.165, 1.54) is 4.90 Å². The van der Waals surface area contributed by atoms with E-state index < -0.39 is 17.8 Å². The molecule has 4 aromatic rings. The molecule has 4 heterocycles. The number of ether oxygens (including phenoxy) is 1. The fraction of sp³-hybridized carbons (Fsp3) is 0.300. The van der Waals surface area contributed by atoms with E-state index in [1.54, 1.807) is 10.9 Å². The summed E-state index contributed by atoms with van der Waals surface area (Å²) in [5, 5.41) is 19.6. The van der Waals surface area contributed by atoms with Gasteiger partial charge in [0.2, 0.25) is 5.95 Å². The van der Waals surface area contributed by atoms with Crippen molar-refractivity contribution in [2.75, 3.05) is 29.9 Å². The average molecular weight is 587 g/mol. The van der Waals surface area contributed by atoms with Crippen LogP contribution in [0.5, 0.6) is 0 Å². The zero-order valence-corrected chi connectivity index (χ0v) is 23.7. The van der Waals surface area contributed by atoms with E-state index in [2.05, 4.69) is 23.1 Å². The number of nitriles is 1. The first-order chi connectivity index (χ1) is 20.3. The largest absolute Gasteiger partial charge is 0.368 e. The number of halogens is 2. The Balaban J connectivity index is 1.38. The second-order valence-corrected chi connectivity index (χ2v) is 10.8. The highest BCUT2D eigenvalue weighted by atomic mass is 35.5. The highest BCUT2D eigenvalue weighted by Crippen LogP contribution is 2.39. The number of hydrogen-bond donors (Lipinski definition) is 1. The quantitative estimate of drug-likeness (QED) is 0.315. The first kappa shape index (κ1) is 27.6. The molecule has 0 saturated carbocycles. The molecule has 1 unspecified atom stereocenters. The lowest BCUT2D eigenvalue weighted by Crippen LogP contribution is -2.55. The summed E-state index contributed by atoms with van der Waals surface area (Å²) in [7, 11) is 1.82. The third-order valence-corrected chi connectivity index (χ3v) is 7.99. The Labute approximate surface area is 247 Å². The summed E-state index contributed by atoms with van der Waals surface area (Å²) in [4.78, 5) is 25.6. The maximum atomic E-state index is 13.8. The van der Waals surface area contributed by atoms with Gasteiger partial charge in [0.25, 0.3) is 5.91 Å². The Morgan fingerprint density at radius 2 is 2.07 bits per heavy atom. The van der Waals surface area contributed by atoms with Crippen LogP contribution in [-0.4, -0.2) is 56.2 Å². The summed E-state index contributed by atoms with van der Waals surface area (Å²) in [5.41, 5.74) is 3.37. The molecule has 12 heteroatoms. The fourth-order valence-corrected chi connectivity index (χ4v) is 6.02. The first-order valence-electron chi connectivity index (χ1n) is 13.5. The summed E-state index contributed by atoms with van der Waals surface area (Å²) >= 11 is 6.63. The van der Waals surface area contributed by atoms with Crippen LogP contribution in [-0.2, 0) is 29.6 Å². The number of benzene rings is 2. The van der Waals surface area contributed by atoms with Crippen molar-refractivity contribution in [3.63, 3.8) is 0 Å². The highest BCUT2D eigenvalue weighted by Gasteiger charge is 2.35. The molecule has 1 N–H and O–H groups in total. The van der Waals surface area contributed by atoms with Gasteiger partial charge in [0.05, 0.1) is 48.8 Å². The molecule has 0 bridgehead atoms. The molecule has 1 fully saturated rings. The number of aromatic nitrogens is 4. The van der Waals surface area contributed by atoms with Crippen LogP contribution in [0, 0.1) is 11.3 Å². The number of nitrogens with zero attached hydrogens (tertiary/aromatic N) is 7. The Morgan fingerprint density at radius 1 is 1.26 bits per heavy atom. The number of amides is 1. The minimum Gasteiger partial charge on any atom is -0.368 e. The third kappa shape index (κ3) is 5.26. The van der Waals surface area contributed by atoms with E-state index in [0.29, 0.717) is 36.3 Å². The Bertz CT molecular complexity index is 1730. The molecule has 0 spiro atoms. The smallest absolute Gasteiger partial charge is 0.282 e. The van der Waals surface area contributed by atoms with E-state index in [1.807, 2.05) is 54.5 Å². The number of nitrogens with one attached hydrogen (secondary N) is 1. The van der Waals surface area contributed by atoms with Crippen LogP contribution < -0.4 is 10.2 Å². The van der Waals surface area contributed by atoms with Crippen LogP contribution in [0.3, 0.4) is 0 Å². The van der Waals surface area contributed by atoms with Gasteiger partial charge in [-0.25, -0.2) is 9.37 Å². The van der Waals surface area contributed by atoms with E-state index in [-0.39, 0.29) is 25.7 Å². The van der Waals surface area contributed by atoms with Crippen LogP contribution in [0.15, 0.2) is 61.2 Å². The number of carbonyl (C=O) groups excluding carboxylic acids is 1. The van der Waals surface area contributed by atoms with Crippen LogP contribution in [0.1, 0.15) is 29.3 Å². The van der Waals surface area contributed by atoms with Crippen molar-refractivity contribution in [2.24, 2.45) is 7.05 Å². The molecule has 2 aliphatic heterocycles. The normalized spacial score (nSPS) is 18.4. The lowest BCUT2D eigenvalue weighted by molar-refractivity contribution is -0.131. The van der Waals surface area contributed by atoms with Gasteiger partial charge in [-0.3, -0.25) is 9.48 Å². The second-order valence-electron chi connectivity index (χ2n) is 10.4. The van der Waals surface area contributed by atoms with Crippen molar-refractivity contribution in [1.82, 2.24) is 24.6 Å². The van der Waals surface area contributed by atoms with E-state index >= 15 is 0 Å². The fourth-order valence-electron chi connectivity index (χ4n) is 5.73. The van der Waals surface area contributed by atoms with Gasteiger partial charge in [-0.1, -0.05) is 48.5 Å². The van der Waals surface area contributed by atoms with Crippen molar-refractivity contribution in [3.8, 4) is 6.07 Å². The van der Waals surface area contributed by atoms with Gasteiger partial charge in [-0.15, -0.1) is 0 Å². The molecule has 2 aromatic heterocycles. The Morgan fingerprint density at radius 3 is 2.81 bits per heavy atom. The number of aryl methyl sites for hydroxylation is 1. The Kier molecular flexibility index (Phi) is 7.49. The van der Waals surface area contributed by atoms with Crippen molar-refractivity contribution in [2.45, 2.75) is 31.6 Å². The number of hydrogen-bond acceptors (Lipinski definition) is 8. The summed E-state index contributed by atoms with van der Waals surface area (Å²) in [6.07, 6.45) is 3.75.